The normalized spacial score (nSPS) is 26.4. The third-order valence-corrected chi connectivity index (χ3v) is 4.13. The van der Waals surface area contributed by atoms with Crippen molar-refractivity contribution in [3.05, 3.63) is 48.0 Å². The lowest BCUT2D eigenvalue weighted by Gasteiger charge is -2.37. The van der Waals surface area contributed by atoms with E-state index in [4.69, 9.17) is 0 Å². The predicted molar refractivity (Wildman–Crippen MR) is 81.4 cm³/mol. The molecule has 1 aliphatic rings. The molecule has 1 aliphatic heterocycles. The Labute approximate surface area is 121 Å². The van der Waals surface area contributed by atoms with E-state index in [2.05, 4.69) is 24.1 Å². The van der Waals surface area contributed by atoms with Crippen molar-refractivity contribution in [3.63, 3.8) is 0 Å². The smallest absolute Gasteiger partial charge is 0.0808 e. The van der Waals surface area contributed by atoms with Gasteiger partial charge in [0.25, 0.3) is 0 Å². The Hall–Kier alpha value is -1.16. The lowest BCUT2D eigenvalue weighted by Crippen LogP contribution is -2.43. The van der Waals surface area contributed by atoms with Crippen LogP contribution in [0.15, 0.2) is 42.5 Å². The fraction of sp³-hybridized carbons (Fsp3) is 0.529. The molecule has 4 unspecified atom stereocenters. The fourth-order valence-electron chi connectivity index (χ4n) is 2.91. The summed E-state index contributed by atoms with van der Waals surface area (Å²) in [7, 11) is 2.08. The van der Waals surface area contributed by atoms with E-state index in [-0.39, 0.29) is 12.1 Å². The van der Waals surface area contributed by atoms with E-state index in [1.807, 2.05) is 37.3 Å². The first-order chi connectivity index (χ1) is 9.58. The SMILES string of the molecule is CC(O)CC1CC=CC(CC(O)c2ccccc2)N1C. The zero-order valence-corrected chi connectivity index (χ0v) is 12.3. The summed E-state index contributed by atoms with van der Waals surface area (Å²) in [5.41, 5.74) is 0.965. The minimum Gasteiger partial charge on any atom is -0.393 e. The van der Waals surface area contributed by atoms with Gasteiger partial charge in [-0.2, -0.15) is 0 Å². The molecule has 4 atom stereocenters. The highest BCUT2D eigenvalue weighted by atomic mass is 16.3. The number of hydrogen-bond donors (Lipinski definition) is 2. The van der Waals surface area contributed by atoms with Gasteiger partial charge in [-0.05, 0) is 38.8 Å². The Kier molecular flexibility index (Phi) is 5.35. The van der Waals surface area contributed by atoms with Crippen LogP contribution in [0.1, 0.15) is 37.9 Å². The van der Waals surface area contributed by atoms with Crippen LogP contribution in [0.5, 0.6) is 0 Å². The van der Waals surface area contributed by atoms with Crippen molar-refractivity contribution >= 4 is 0 Å². The molecule has 3 nitrogen and oxygen atoms in total. The molecule has 2 rings (SSSR count). The fourth-order valence-corrected chi connectivity index (χ4v) is 2.91. The molecule has 110 valence electrons. The second kappa shape index (κ2) is 7.02. The molecule has 20 heavy (non-hydrogen) atoms. The van der Waals surface area contributed by atoms with E-state index >= 15 is 0 Å². The number of rotatable bonds is 5. The van der Waals surface area contributed by atoms with Crippen LogP contribution < -0.4 is 0 Å². The van der Waals surface area contributed by atoms with Crippen LogP contribution >= 0.6 is 0 Å². The second-order valence-electron chi connectivity index (χ2n) is 5.80. The molecule has 0 fully saturated rings. The molecular weight excluding hydrogens is 250 g/mol. The summed E-state index contributed by atoms with van der Waals surface area (Å²) in [5.74, 6) is 0. The van der Waals surface area contributed by atoms with Crippen LogP contribution in [0.3, 0.4) is 0 Å². The van der Waals surface area contributed by atoms with Crippen LogP contribution in [0.4, 0.5) is 0 Å². The van der Waals surface area contributed by atoms with E-state index in [1.165, 1.54) is 0 Å². The summed E-state index contributed by atoms with van der Waals surface area (Å²) >= 11 is 0. The van der Waals surface area contributed by atoms with Crippen molar-refractivity contribution in [1.82, 2.24) is 4.90 Å². The number of aliphatic hydroxyl groups is 2. The third kappa shape index (κ3) is 3.92. The van der Waals surface area contributed by atoms with Gasteiger partial charge in [-0.3, -0.25) is 4.90 Å². The number of hydrogen-bond acceptors (Lipinski definition) is 3. The Balaban J connectivity index is 1.98. The van der Waals surface area contributed by atoms with Crippen LogP contribution in [-0.2, 0) is 0 Å². The summed E-state index contributed by atoms with van der Waals surface area (Å²) in [5, 5.41) is 19.9. The van der Waals surface area contributed by atoms with E-state index < -0.39 is 6.10 Å². The monoisotopic (exact) mass is 275 g/mol. The van der Waals surface area contributed by atoms with Gasteiger partial charge in [0.2, 0.25) is 0 Å². The van der Waals surface area contributed by atoms with E-state index in [0.29, 0.717) is 12.5 Å². The first-order valence-electron chi connectivity index (χ1n) is 7.37. The van der Waals surface area contributed by atoms with E-state index in [0.717, 1.165) is 18.4 Å². The van der Waals surface area contributed by atoms with E-state index in [1.54, 1.807) is 0 Å². The lowest BCUT2D eigenvalue weighted by atomic mass is 9.94. The summed E-state index contributed by atoms with van der Waals surface area (Å²) in [6.45, 7) is 1.83. The Morgan fingerprint density at radius 2 is 1.90 bits per heavy atom. The van der Waals surface area contributed by atoms with E-state index in [9.17, 15) is 10.2 Å². The zero-order chi connectivity index (χ0) is 14.5. The van der Waals surface area contributed by atoms with Gasteiger partial charge in [-0.25, -0.2) is 0 Å². The largest absolute Gasteiger partial charge is 0.393 e. The van der Waals surface area contributed by atoms with Crippen molar-refractivity contribution in [2.24, 2.45) is 0 Å². The summed E-state index contributed by atoms with van der Waals surface area (Å²) in [6, 6.07) is 10.4. The van der Waals surface area contributed by atoms with Gasteiger partial charge in [0.05, 0.1) is 12.2 Å². The van der Waals surface area contributed by atoms with Crippen molar-refractivity contribution in [3.8, 4) is 0 Å². The number of benzene rings is 1. The van der Waals surface area contributed by atoms with Crippen LogP contribution in [0.2, 0.25) is 0 Å². The summed E-state index contributed by atoms with van der Waals surface area (Å²) < 4.78 is 0. The quantitative estimate of drug-likeness (QED) is 0.812. The van der Waals surface area contributed by atoms with Gasteiger partial charge in [-0.15, -0.1) is 0 Å². The molecule has 1 aromatic carbocycles. The maximum atomic E-state index is 10.3. The summed E-state index contributed by atoms with van der Waals surface area (Å²) in [4.78, 5) is 2.28. The van der Waals surface area contributed by atoms with Crippen LogP contribution in [0, 0.1) is 0 Å². The van der Waals surface area contributed by atoms with Gasteiger partial charge in [0.1, 0.15) is 0 Å². The Morgan fingerprint density at radius 1 is 1.20 bits per heavy atom. The molecule has 0 bridgehead atoms. The molecule has 0 radical (unpaired) electrons. The van der Waals surface area contributed by atoms with Gasteiger partial charge in [-0.1, -0.05) is 42.5 Å². The molecule has 0 saturated heterocycles. The number of nitrogens with zero attached hydrogens (tertiary/aromatic N) is 1. The van der Waals surface area contributed by atoms with Gasteiger partial charge < -0.3 is 10.2 Å². The highest BCUT2D eigenvalue weighted by Crippen LogP contribution is 2.26. The van der Waals surface area contributed by atoms with Gasteiger partial charge >= 0.3 is 0 Å². The Morgan fingerprint density at radius 3 is 2.55 bits per heavy atom. The first-order valence-corrected chi connectivity index (χ1v) is 7.37. The highest BCUT2D eigenvalue weighted by Gasteiger charge is 2.26. The topological polar surface area (TPSA) is 43.7 Å². The molecule has 3 heteroatoms. The summed E-state index contributed by atoms with van der Waals surface area (Å²) in [6.07, 6.45) is 6.05. The first kappa shape index (κ1) is 15.2. The minimum absolute atomic E-state index is 0.225. The zero-order valence-electron chi connectivity index (χ0n) is 12.3. The maximum Gasteiger partial charge on any atom is 0.0808 e. The molecule has 0 aliphatic carbocycles. The van der Waals surface area contributed by atoms with Crippen molar-refractivity contribution in [2.75, 3.05) is 7.05 Å². The van der Waals surface area contributed by atoms with Gasteiger partial charge in [0.15, 0.2) is 0 Å². The van der Waals surface area contributed by atoms with Crippen LogP contribution in [-0.4, -0.2) is 40.3 Å². The van der Waals surface area contributed by atoms with Crippen molar-refractivity contribution < 1.29 is 10.2 Å². The molecule has 2 N–H and O–H groups in total. The van der Waals surface area contributed by atoms with Gasteiger partial charge in [0, 0.05) is 12.1 Å². The molecule has 0 saturated carbocycles. The number of aliphatic hydroxyl groups excluding tert-OH is 2. The standard InChI is InChI=1S/C17H25NO2/c1-13(19)11-15-9-6-10-16(18(15)2)12-17(20)14-7-4-3-5-8-14/h3-8,10,13,15-17,19-20H,9,11-12H2,1-2H3. The maximum absolute atomic E-state index is 10.3. The lowest BCUT2D eigenvalue weighted by molar-refractivity contribution is 0.0795. The molecule has 0 spiro atoms. The number of likely N-dealkylation sites (N-methyl/N-ethyl adjacent to an activating group) is 1. The second-order valence-corrected chi connectivity index (χ2v) is 5.80. The average Bonchev–Trinajstić information content (AvgIpc) is 2.43. The minimum atomic E-state index is -0.446. The molecular formula is C17H25NO2. The molecule has 0 amide bonds. The highest BCUT2D eigenvalue weighted by molar-refractivity contribution is 5.18. The average molecular weight is 275 g/mol. The van der Waals surface area contributed by atoms with Crippen LogP contribution in [0.25, 0.3) is 0 Å². The Bertz CT molecular complexity index is 430. The molecule has 1 aromatic rings. The molecule has 1 heterocycles. The van der Waals surface area contributed by atoms with Crippen molar-refractivity contribution in [2.45, 2.75) is 50.5 Å². The third-order valence-electron chi connectivity index (χ3n) is 4.13. The molecule has 0 aromatic heterocycles. The predicted octanol–water partition coefficient (Wildman–Crippen LogP) is 2.51. The van der Waals surface area contributed by atoms with Crippen molar-refractivity contribution in [1.29, 1.82) is 0 Å².